The Hall–Kier alpha value is -2.89. The fourth-order valence-electron chi connectivity index (χ4n) is 1.80. The summed E-state index contributed by atoms with van der Waals surface area (Å²) in [6, 6.07) is 12.7. The van der Waals surface area contributed by atoms with Gasteiger partial charge in [0.05, 0.1) is 18.5 Å². The first-order valence-electron chi connectivity index (χ1n) is 6.93. The Balaban J connectivity index is 1.86. The van der Waals surface area contributed by atoms with E-state index in [4.69, 9.17) is 4.42 Å². The van der Waals surface area contributed by atoms with Gasteiger partial charge in [-0.1, -0.05) is 37.3 Å². The third-order valence-electron chi connectivity index (χ3n) is 2.91. The van der Waals surface area contributed by atoms with Gasteiger partial charge in [0.15, 0.2) is 5.76 Å². The van der Waals surface area contributed by atoms with Gasteiger partial charge < -0.3 is 9.73 Å². The highest BCUT2D eigenvalue weighted by molar-refractivity contribution is 6.01. The van der Waals surface area contributed by atoms with Crippen LogP contribution in [0.3, 0.4) is 0 Å². The van der Waals surface area contributed by atoms with Crippen LogP contribution in [0.1, 0.15) is 29.5 Å². The van der Waals surface area contributed by atoms with Crippen LogP contribution >= 0.6 is 0 Å². The lowest BCUT2D eigenvalue weighted by atomic mass is 10.1. The molecule has 0 aliphatic heterocycles. The minimum Gasteiger partial charge on any atom is -0.459 e. The Morgan fingerprint density at radius 2 is 1.91 bits per heavy atom. The highest BCUT2D eigenvalue weighted by Crippen LogP contribution is 2.03. The van der Waals surface area contributed by atoms with Crippen molar-refractivity contribution in [3.8, 4) is 0 Å². The van der Waals surface area contributed by atoms with Gasteiger partial charge in [0.2, 0.25) is 0 Å². The number of nitrogens with one attached hydrogen (secondary N) is 2. The summed E-state index contributed by atoms with van der Waals surface area (Å²) in [5.41, 5.74) is 4.16. The van der Waals surface area contributed by atoms with Gasteiger partial charge >= 0.3 is 0 Å². The predicted molar refractivity (Wildman–Crippen MR) is 82.5 cm³/mol. The second-order valence-electron chi connectivity index (χ2n) is 4.47. The molecule has 114 valence electrons. The van der Waals surface area contributed by atoms with Crippen molar-refractivity contribution in [2.75, 3.05) is 6.54 Å². The molecule has 2 N–H and O–H groups in total. The number of carbonyl (C=O) groups excluding carboxylic acids is 2. The smallest absolute Gasteiger partial charge is 0.287 e. The first-order valence-corrected chi connectivity index (χ1v) is 6.93. The van der Waals surface area contributed by atoms with Crippen LogP contribution in [0.15, 0.2) is 58.2 Å². The van der Waals surface area contributed by atoms with Gasteiger partial charge in [0, 0.05) is 0 Å². The lowest BCUT2D eigenvalue weighted by Crippen LogP contribution is -2.35. The summed E-state index contributed by atoms with van der Waals surface area (Å²) in [4.78, 5) is 23.3. The predicted octanol–water partition coefficient (Wildman–Crippen LogP) is 1.94. The summed E-state index contributed by atoms with van der Waals surface area (Å²) in [5, 5.41) is 6.55. The maximum Gasteiger partial charge on any atom is 0.287 e. The van der Waals surface area contributed by atoms with Gasteiger partial charge in [-0.3, -0.25) is 9.59 Å². The standard InChI is InChI=1S/C16H17N3O3/c1-2-13(12-7-4-3-5-8-12)18-19-15(20)11-17-16(21)14-9-6-10-22-14/h3-10H,2,11H2,1H3,(H,17,21)(H,19,20). The van der Waals surface area contributed by atoms with Gasteiger partial charge in [-0.05, 0) is 24.1 Å². The second-order valence-corrected chi connectivity index (χ2v) is 4.47. The number of furan rings is 1. The van der Waals surface area contributed by atoms with Crippen molar-refractivity contribution in [1.82, 2.24) is 10.7 Å². The second kappa shape index (κ2) is 7.78. The summed E-state index contributed by atoms with van der Waals surface area (Å²) in [6.45, 7) is 1.78. The molecular weight excluding hydrogens is 282 g/mol. The van der Waals surface area contributed by atoms with E-state index in [2.05, 4.69) is 15.8 Å². The van der Waals surface area contributed by atoms with E-state index in [0.29, 0.717) is 6.42 Å². The minimum atomic E-state index is -0.442. The Morgan fingerprint density at radius 3 is 2.55 bits per heavy atom. The van der Waals surface area contributed by atoms with Gasteiger partial charge in [-0.25, -0.2) is 5.43 Å². The molecule has 0 bridgehead atoms. The van der Waals surface area contributed by atoms with Crippen molar-refractivity contribution < 1.29 is 14.0 Å². The van der Waals surface area contributed by atoms with Crippen LogP contribution in [0.5, 0.6) is 0 Å². The van der Waals surface area contributed by atoms with Gasteiger partial charge in [-0.15, -0.1) is 0 Å². The number of benzene rings is 1. The number of nitrogens with zero attached hydrogens (tertiary/aromatic N) is 1. The molecule has 1 aromatic carbocycles. The number of hydrogen-bond donors (Lipinski definition) is 2. The molecule has 2 amide bonds. The van der Waals surface area contributed by atoms with E-state index in [1.807, 2.05) is 37.3 Å². The molecule has 0 radical (unpaired) electrons. The van der Waals surface area contributed by atoms with Gasteiger partial charge in [0.1, 0.15) is 0 Å². The number of rotatable bonds is 6. The maximum atomic E-state index is 11.7. The zero-order valence-electron chi connectivity index (χ0n) is 12.2. The highest BCUT2D eigenvalue weighted by atomic mass is 16.3. The monoisotopic (exact) mass is 299 g/mol. The molecule has 0 saturated heterocycles. The molecule has 0 aliphatic rings. The molecule has 0 spiro atoms. The van der Waals surface area contributed by atoms with Crippen molar-refractivity contribution >= 4 is 17.5 Å². The van der Waals surface area contributed by atoms with Crippen LogP contribution < -0.4 is 10.7 Å². The lowest BCUT2D eigenvalue weighted by molar-refractivity contribution is -0.120. The molecular formula is C16H17N3O3. The third-order valence-corrected chi connectivity index (χ3v) is 2.91. The Labute approximate surface area is 128 Å². The van der Waals surface area contributed by atoms with Crippen molar-refractivity contribution in [1.29, 1.82) is 0 Å². The van der Waals surface area contributed by atoms with Crippen molar-refractivity contribution in [3.05, 3.63) is 60.1 Å². The summed E-state index contributed by atoms with van der Waals surface area (Å²) >= 11 is 0. The van der Waals surface area contributed by atoms with Crippen LogP contribution in [-0.4, -0.2) is 24.1 Å². The zero-order valence-corrected chi connectivity index (χ0v) is 12.2. The zero-order chi connectivity index (χ0) is 15.8. The average molecular weight is 299 g/mol. The lowest BCUT2D eigenvalue weighted by Gasteiger charge is -2.05. The topological polar surface area (TPSA) is 83.7 Å². The van der Waals surface area contributed by atoms with Gasteiger partial charge in [-0.2, -0.15) is 5.10 Å². The SMILES string of the molecule is CCC(=NNC(=O)CNC(=O)c1ccco1)c1ccccc1. The van der Waals surface area contributed by atoms with Crippen LogP contribution in [0.4, 0.5) is 0 Å². The summed E-state index contributed by atoms with van der Waals surface area (Å²) in [7, 11) is 0. The fraction of sp³-hybridized carbons (Fsp3) is 0.188. The normalized spacial score (nSPS) is 11.0. The molecule has 2 aromatic rings. The molecule has 0 saturated carbocycles. The van der Waals surface area contributed by atoms with Crippen LogP contribution in [0.2, 0.25) is 0 Å². The van der Waals surface area contributed by atoms with Crippen LogP contribution in [0, 0.1) is 0 Å². The number of hydrazone groups is 1. The first kappa shape index (κ1) is 15.5. The molecule has 6 nitrogen and oxygen atoms in total. The molecule has 0 atom stereocenters. The van der Waals surface area contributed by atoms with E-state index < -0.39 is 11.8 Å². The first-order chi connectivity index (χ1) is 10.7. The molecule has 6 heteroatoms. The molecule has 2 rings (SSSR count). The van der Waals surface area contributed by atoms with Crippen molar-refractivity contribution in [2.24, 2.45) is 5.10 Å². The largest absolute Gasteiger partial charge is 0.459 e. The average Bonchev–Trinajstić information content (AvgIpc) is 3.09. The molecule has 1 aromatic heterocycles. The summed E-state index contributed by atoms with van der Waals surface area (Å²) < 4.78 is 4.93. The van der Waals surface area contributed by atoms with Crippen LogP contribution in [0.25, 0.3) is 0 Å². The molecule has 1 heterocycles. The third kappa shape index (κ3) is 4.31. The highest BCUT2D eigenvalue weighted by Gasteiger charge is 2.10. The van der Waals surface area contributed by atoms with Gasteiger partial charge in [0.25, 0.3) is 11.8 Å². The Bertz CT molecular complexity index is 649. The molecule has 0 unspecified atom stereocenters. The number of carbonyl (C=O) groups is 2. The van der Waals surface area contributed by atoms with E-state index in [-0.39, 0.29) is 12.3 Å². The quantitative estimate of drug-likeness (QED) is 0.631. The Morgan fingerprint density at radius 1 is 1.14 bits per heavy atom. The van der Waals surface area contributed by atoms with Crippen molar-refractivity contribution in [2.45, 2.75) is 13.3 Å². The van der Waals surface area contributed by atoms with E-state index in [0.717, 1.165) is 11.3 Å². The van der Waals surface area contributed by atoms with E-state index in [1.165, 1.54) is 12.3 Å². The van der Waals surface area contributed by atoms with E-state index in [1.54, 1.807) is 6.07 Å². The molecule has 22 heavy (non-hydrogen) atoms. The summed E-state index contributed by atoms with van der Waals surface area (Å²) in [5.74, 6) is -0.681. The minimum absolute atomic E-state index is 0.162. The molecule has 0 aliphatic carbocycles. The number of amides is 2. The molecule has 0 fully saturated rings. The van der Waals surface area contributed by atoms with E-state index in [9.17, 15) is 9.59 Å². The van der Waals surface area contributed by atoms with Crippen LogP contribution in [-0.2, 0) is 4.79 Å². The van der Waals surface area contributed by atoms with E-state index >= 15 is 0 Å². The Kier molecular flexibility index (Phi) is 5.48. The fourth-order valence-corrected chi connectivity index (χ4v) is 1.80. The number of hydrogen-bond acceptors (Lipinski definition) is 4. The summed E-state index contributed by atoms with van der Waals surface area (Å²) in [6.07, 6.45) is 2.08. The van der Waals surface area contributed by atoms with Crippen molar-refractivity contribution in [3.63, 3.8) is 0 Å². The maximum absolute atomic E-state index is 11.7.